The highest BCUT2D eigenvalue weighted by atomic mass is 16.5. The second-order valence-electron chi connectivity index (χ2n) is 5.14. The zero-order chi connectivity index (χ0) is 14.1. The summed E-state index contributed by atoms with van der Waals surface area (Å²) in [7, 11) is 1.64. The molecular weight excluding hydrogens is 258 g/mol. The summed E-state index contributed by atoms with van der Waals surface area (Å²) in [6.07, 6.45) is 0.937. The van der Waals surface area contributed by atoms with Gasteiger partial charge in [-0.2, -0.15) is 0 Å². The molecule has 2 aliphatic rings. The van der Waals surface area contributed by atoms with E-state index in [4.69, 9.17) is 4.74 Å². The molecule has 1 aliphatic heterocycles. The van der Waals surface area contributed by atoms with Crippen LogP contribution in [0, 0.1) is 0 Å². The number of hydrogen-bond donors (Lipinski definition) is 3. The van der Waals surface area contributed by atoms with Crippen molar-refractivity contribution in [2.45, 2.75) is 24.4 Å². The van der Waals surface area contributed by atoms with Crippen molar-refractivity contribution in [1.29, 1.82) is 0 Å². The molecule has 6 nitrogen and oxygen atoms in total. The molecule has 0 unspecified atom stereocenters. The normalized spacial score (nSPS) is 27.4. The average Bonchev–Trinajstić information content (AvgIpc) is 3.09. The molecule has 1 saturated carbocycles. The van der Waals surface area contributed by atoms with Gasteiger partial charge in [-0.05, 0) is 24.1 Å². The van der Waals surface area contributed by atoms with Crippen molar-refractivity contribution in [3.05, 3.63) is 29.8 Å². The number of ether oxygens (including phenoxy) is 1. The number of nitrogens with one attached hydrogen (secondary N) is 3. The Morgan fingerprint density at radius 1 is 1.35 bits per heavy atom. The van der Waals surface area contributed by atoms with Gasteiger partial charge in [0.05, 0.1) is 7.11 Å². The Kier molecular flexibility index (Phi) is 3.22. The molecule has 3 amide bonds. The number of carbonyl (C=O) groups excluding carboxylic acids is 2. The Hall–Kier alpha value is -2.24. The lowest BCUT2D eigenvalue weighted by molar-refractivity contribution is -0.122. The van der Waals surface area contributed by atoms with Gasteiger partial charge in [-0.15, -0.1) is 0 Å². The van der Waals surface area contributed by atoms with Gasteiger partial charge in [0.2, 0.25) is 5.91 Å². The van der Waals surface area contributed by atoms with Crippen LogP contribution in [0.3, 0.4) is 0 Å². The predicted octanol–water partition coefficient (Wildman–Crippen LogP) is 0.349. The lowest BCUT2D eigenvalue weighted by Gasteiger charge is -2.09. The van der Waals surface area contributed by atoms with Crippen LogP contribution in [0.4, 0.5) is 4.79 Å². The Morgan fingerprint density at radius 2 is 2.10 bits per heavy atom. The van der Waals surface area contributed by atoms with E-state index in [-0.39, 0.29) is 18.0 Å². The Morgan fingerprint density at radius 3 is 2.70 bits per heavy atom. The third-order valence-electron chi connectivity index (χ3n) is 3.75. The molecule has 1 saturated heterocycles. The van der Waals surface area contributed by atoms with E-state index >= 15 is 0 Å². The minimum Gasteiger partial charge on any atom is -0.497 e. The third-order valence-corrected chi connectivity index (χ3v) is 3.75. The quantitative estimate of drug-likeness (QED) is 0.742. The molecule has 1 heterocycles. The molecule has 3 rings (SSSR count). The van der Waals surface area contributed by atoms with Crippen LogP contribution in [0.1, 0.15) is 17.9 Å². The third kappa shape index (κ3) is 2.54. The number of methoxy groups -OCH3 is 1. The first kappa shape index (κ1) is 12.8. The minimum absolute atomic E-state index is 0.121. The summed E-state index contributed by atoms with van der Waals surface area (Å²) in [6, 6.07) is 7.31. The van der Waals surface area contributed by atoms with Gasteiger partial charge >= 0.3 is 6.03 Å². The van der Waals surface area contributed by atoms with Crippen LogP contribution < -0.4 is 20.7 Å². The molecule has 1 aromatic carbocycles. The monoisotopic (exact) mass is 275 g/mol. The van der Waals surface area contributed by atoms with Gasteiger partial charge in [-0.1, -0.05) is 12.1 Å². The number of amides is 3. The van der Waals surface area contributed by atoms with Crippen LogP contribution in [-0.4, -0.2) is 37.7 Å². The van der Waals surface area contributed by atoms with Crippen LogP contribution in [0.5, 0.6) is 5.75 Å². The standard InChI is InChI=1S/C14H17N3O3/c1-20-9-4-2-8(3-5-9)10-6-11(10)16-13(18)12-7-15-14(19)17-12/h2-5,10-12H,6-7H2,1H3,(H,16,18)(H2,15,17,19)/t10-,11-,12+/m0/s1. The summed E-state index contributed by atoms with van der Waals surface area (Å²) in [6.45, 7) is 0.352. The van der Waals surface area contributed by atoms with E-state index in [1.165, 1.54) is 5.56 Å². The molecule has 3 N–H and O–H groups in total. The van der Waals surface area contributed by atoms with E-state index in [1.54, 1.807) is 7.11 Å². The number of hydrogen-bond acceptors (Lipinski definition) is 3. The molecule has 1 aliphatic carbocycles. The number of urea groups is 1. The summed E-state index contributed by atoms with van der Waals surface area (Å²) >= 11 is 0. The maximum absolute atomic E-state index is 11.9. The van der Waals surface area contributed by atoms with Crippen molar-refractivity contribution in [1.82, 2.24) is 16.0 Å². The number of benzene rings is 1. The van der Waals surface area contributed by atoms with Crippen molar-refractivity contribution in [2.24, 2.45) is 0 Å². The van der Waals surface area contributed by atoms with Gasteiger partial charge in [0, 0.05) is 18.5 Å². The molecule has 0 bridgehead atoms. The van der Waals surface area contributed by atoms with Crippen LogP contribution >= 0.6 is 0 Å². The fourth-order valence-corrected chi connectivity index (χ4v) is 2.47. The zero-order valence-corrected chi connectivity index (χ0v) is 11.2. The van der Waals surface area contributed by atoms with E-state index in [1.807, 2.05) is 24.3 Å². The highest BCUT2D eigenvalue weighted by Crippen LogP contribution is 2.41. The molecule has 0 spiro atoms. The van der Waals surface area contributed by atoms with E-state index in [0.717, 1.165) is 12.2 Å². The SMILES string of the molecule is COc1ccc([C@@H]2C[C@@H]2NC(=O)[C@H]2CNC(=O)N2)cc1. The molecule has 0 aromatic heterocycles. The van der Waals surface area contributed by atoms with Crippen LogP contribution in [0.15, 0.2) is 24.3 Å². The fraction of sp³-hybridized carbons (Fsp3) is 0.429. The molecule has 3 atom stereocenters. The first-order valence-electron chi connectivity index (χ1n) is 6.66. The number of carbonyl (C=O) groups is 2. The molecule has 20 heavy (non-hydrogen) atoms. The molecule has 6 heteroatoms. The average molecular weight is 275 g/mol. The topological polar surface area (TPSA) is 79.5 Å². The summed E-state index contributed by atoms with van der Waals surface area (Å²) in [5, 5.41) is 8.12. The van der Waals surface area contributed by atoms with E-state index < -0.39 is 6.04 Å². The van der Waals surface area contributed by atoms with Crippen LogP contribution in [0.25, 0.3) is 0 Å². The largest absolute Gasteiger partial charge is 0.497 e. The number of rotatable bonds is 4. The first-order valence-corrected chi connectivity index (χ1v) is 6.66. The van der Waals surface area contributed by atoms with Crippen LogP contribution in [-0.2, 0) is 4.79 Å². The Balaban J connectivity index is 1.53. The maximum atomic E-state index is 11.9. The second kappa shape index (κ2) is 5.03. The summed E-state index contributed by atoms with van der Waals surface area (Å²) in [5.41, 5.74) is 1.20. The zero-order valence-electron chi connectivity index (χ0n) is 11.2. The Labute approximate surface area is 116 Å². The van der Waals surface area contributed by atoms with Crippen molar-refractivity contribution in [2.75, 3.05) is 13.7 Å². The summed E-state index contributed by atoms with van der Waals surface area (Å²) in [4.78, 5) is 22.9. The van der Waals surface area contributed by atoms with Gasteiger partial charge in [-0.25, -0.2) is 4.79 Å². The molecule has 1 aromatic rings. The first-order chi connectivity index (χ1) is 9.67. The van der Waals surface area contributed by atoms with E-state index in [9.17, 15) is 9.59 Å². The molecular formula is C14H17N3O3. The van der Waals surface area contributed by atoms with Crippen molar-refractivity contribution < 1.29 is 14.3 Å². The van der Waals surface area contributed by atoms with Crippen LogP contribution in [0.2, 0.25) is 0 Å². The molecule has 0 radical (unpaired) electrons. The predicted molar refractivity (Wildman–Crippen MR) is 72.6 cm³/mol. The minimum atomic E-state index is -0.459. The summed E-state index contributed by atoms with van der Waals surface area (Å²) < 4.78 is 5.12. The maximum Gasteiger partial charge on any atom is 0.315 e. The highest BCUT2D eigenvalue weighted by Gasteiger charge is 2.41. The molecule has 2 fully saturated rings. The van der Waals surface area contributed by atoms with E-state index in [2.05, 4.69) is 16.0 Å². The Bertz CT molecular complexity index is 529. The highest BCUT2D eigenvalue weighted by molar-refractivity contribution is 5.90. The van der Waals surface area contributed by atoms with Crippen molar-refractivity contribution in [3.63, 3.8) is 0 Å². The van der Waals surface area contributed by atoms with Gasteiger partial charge in [0.15, 0.2) is 0 Å². The fourth-order valence-electron chi connectivity index (χ4n) is 2.47. The smallest absolute Gasteiger partial charge is 0.315 e. The van der Waals surface area contributed by atoms with Gasteiger partial charge < -0.3 is 20.7 Å². The lowest BCUT2D eigenvalue weighted by atomic mass is 10.1. The second-order valence-corrected chi connectivity index (χ2v) is 5.14. The lowest BCUT2D eigenvalue weighted by Crippen LogP contribution is -2.44. The van der Waals surface area contributed by atoms with E-state index in [0.29, 0.717) is 12.5 Å². The van der Waals surface area contributed by atoms with Crippen molar-refractivity contribution >= 4 is 11.9 Å². The summed E-state index contributed by atoms with van der Waals surface area (Å²) in [5.74, 6) is 1.06. The van der Waals surface area contributed by atoms with Gasteiger partial charge in [0.25, 0.3) is 0 Å². The van der Waals surface area contributed by atoms with Crippen molar-refractivity contribution in [3.8, 4) is 5.75 Å². The van der Waals surface area contributed by atoms with Gasteiger partial charge in [-0.3, -0.25) is 4.79 Å². The molecule has 106 valence electrons. The van der Waals surface area contributed by atoms with Gasteiger partial charge in [0.1, 0.15) is 11.8 Å².